The molecule has 0 saturated carbocycles. The Kier molecular flexibility index (Phi) is 5.07. The summed E-state index contributed by atoms with van der Waals surface area (Å²) in [5.41, 5.74) is 6.70. The number of anilines is 1. The summed E-state index contributed by atoms with van der Waals surface area (Å²) in [4.78, 5) is 10.5. The van der Waals surface area contributed by atoms with Crippen LogP contribution in [0.2, 0.25) is 0 Å². The van der Waals surface area contributed by atoms with Crippen molar-refractivity contribution in [2.45, 2.75) is 31.4 Å². The number of pyridine rings is 1. The third-order valence-electron chi connectivity index (χ3n) is 5.18. The standard InChI is InChI=1S/C20H18F4N6/c21-15-5-6-29(11-16(15)26)19-28-17-4-2-13(20(22,23)24)7-18(17)30(19)10-14-3-1-12(8-25)9-27-14/h1-4,7,9,15-16H,5-6,10-11,26H2/t15-,16-/m1/s1. The fourth-order valence-corrected chi connectivity index (χ4v) is 3.56. The lowest BCUT2D eigenvalue weighted by atomic mass is 10.1. The summed E-state index contributed by atoms with van der Waals surface area (Å²) in [5.74, 6) is 0.415. The minimum atomic E-state index is -4.49. The monoisotopic (exact) mass is 418 g/mol. The second kappa shape index (κ2) is 7.57. The van der Waals surface area contributed by atoms with Gasteiger partial charge in [-0.1, -0.05) is 0 Å². The zero-order valence-electron chi connectivity index (χ0n) is 15.8. The lowest BCUT2D eigenvalue weighted by Crippen LogP contribution is -2.50. The number of nitrogens with two attached hydrogens (primary N) is 1. The maximum Gasteiger partial charge on any atom is 0.416 e. The zero-order chi connectivity index (χ0) is 21.5. The second-order valence-corrected chi connectivity index (χ2v) is 7.26. The van der Waals surface area contributed by atoms with Gasteiger partial charge in [-0.15, -0.1) is 0 Å². The highest BCUT2D eigenvalue weighted by Gasteiger charge is 2.33. The number of fused-ring (bicyclic) bond motifs is 1. The van der Waals surface area contributed by atoms with Gasteiger partial charge in [0, 0.05) is 19.3 Å². The largest absolute Gasteiger partial charge is 0.416 e. The summed E-state index contributed by atoms with van der Waals surface area (Å²) in [6, 6.07) is 7.87. The number of benzene rings is 1. The maximum atomic E-state index is 13.8. The maximum absolute atomic E-state index is 13.8. The fraction of sp³-hybridized carbons (Fsp3) is 0.350. The van der Waals surface area contributed by atoms with Gasteiger partial charge >= 0.3 is 6.18 Å². The molecule has 0 spiro atoms. The van der Waals surface area contributed by atoms with Crippen molar-refractivity contribution in [3.8, 4) is 6.07 Å². The van der Waals surface area contributed by atoms with Crippen LogP contribution in [0.15, 0.2) is 36.5 Å². The highest BCUT2D eigenvalue weighted by Crippen LogP contribution is 2.33. The van der Waals surface area contributed by atoms with Crippen LogP contribution in [-0.4, -0.2) is 39.8 Å². The van der Waals surface area contributed by atoms with Gasteiger partial charge in [0.05, 0.1) is 40.4 Å². The van der Waals surface area contributed by atoms with Crippen LogP contribution in [-0.2, 0) is 12.7 Å². The van der Waals surface area contributed by atoms with Crippen LogP contribution in [0.5, 0.6) is 0 Å². The first-order valence-electron chi connectivity index (χ1n) is 9.33. The summed E-state index contributed by atoms with van der Waals surface area (Å²) in [7, 11) is 0. The molecule has 0 bridgehead atoms. The van der Waals surface area contributed by atoms with E-state index in [0.29, 0.717) is 34.8 Å². The first kappa shape index (κ1) is 20.1. The summed E-state index contributed by atoms with van der Waals surface area (Å²) in [6.07, 6.45) is -4.01. The summed E-state index contributed by atoms with van der Waals surface area (Å²) in [5, 5.41) is 8.93. The van der Waals surface area contributed by atoms with Gasteiger partial charge in [-0.05, 0) is 36.8 Å². The Bertz CT molecular complexity index is 1100. The molecule has 3 heterocycles. The van der Waals surface area contributed by atoms with Gasteiger partial charge in [-0.2, -0.15) is 18.4 Å². The molecule has 1 fully saturated rings. The number of imidazole rings is 1. The molecule has 156 valence electrons. The van der Waals surface area contributed by atoms with Gasteiger partial charge < -0.3 is 15.2 Å². The molecule has 1 aliphatic heterocycles. The minimum absolute atomic E-state index is 0.143. The van der Waals surface area contributed by atoms with Crippen LogP contribution in [0.4, 0.5) is 23.5 Å². The van der Waals surface area contributed by atoms with Gasteiger partial charge in [0.1, 0.15) is 12.2 Å². The number of hydrogen-bond donors (Lipinski definition) is 1. The molecule has 0 unspecified atom stereocenters. The molecule has 3 aromatic rings. The molecule has 0 amide bonds. The van der Waals surface area contributed by atoms with E-state index in [2.05, 4.69) is 9.97 Å². The van der Waals surface area contributed by atoms with Crippen molar-refractivity contribution in [2.75, 3.05) is 18.0 Å². The number of aromatic nitrogens is 3. The van der Waals surface area contributed by atoms with Crippen LogP contribution in [0, 0.1) is 11.3 Å². The Morgan fingerprint density at radius 1 is 1.23 bits per heavy atom. The first-order chi connectivity index (χ1) is 14.3. The smallest absolute Gasteiger partial charge is 0.340 e. The quantitative estimate of drug-likeness (QED) is 0.661. The topological polar surface area (TPSA) is 83.8 Å². The number of nitrogens with zero attached hydrogens (tertiary/aromatic N) is 5. The Morgan fingerprint density at radius 2 is 2.03 bits per heavy atom. The van der Waals surface area contributed by atoms with Crippen molar-refractivity contribution in [2.24, 2.45) is 5.73 Å². The molecule has 0 aliphatic carbocycles. The number of hydrogen-bond acceptors (Lipinski definition) is 5. The van der Waals surface area contributed by atoms with E-state index >= 15 is 0 Å². The van der Waals surface area contributed by atoms with Gasteiger partial charge in [-0.3, -0.25) is 4.98 Å². The van der Waals surface area contributed by atoms with Gasteiger partial charge in [-0.25, -0.2) is 9.37 Å². The molecule has 2 N–H and O–H groups in total. The second-order valence-electron chi connectivity index (χ2n) is 7.26. The van der Waals surface area contributed by atoms with E-state index < -0.39 is 24.0 Å². The Morgan fingerprint density at radius 3 is 2.67 bits per heavy atom. The zero-order valence-corrected chi connectivity index (χ0v) is 15.8. The van der Waals surface area contributed by atoms with Crippen molar-refractivity contribution in [3.63, 3.8) is 0 Å². The van der Waals surface area contributed by atoms with Crippen LogP contribution in [0.25, 0.3) is 11.0 Å². The average molecular weight is 418 g/mol. The number of piperidine rings is 1. The molecule has 2 atom stereocenters. The van der Waals surface area contributed by atoms with E-state index in [0.717, 1.165) is 12.1 Å². The highest BCUT2D eigenvalue weighted by atomic mass is 19.4. The van der Waals surface area contributed by atoms with Crippen LogP contribution in [0.1, 0.15) is 23.2 Å². The number of rotatable bonds is 3. The Labute approximate surface area is 169 Å². The van der Waals surface area contributed by atoms with Crippen molar-refractivity contribution >= 4 is 17.0 Å². The normalized spacial score (nSPS) is 19.8. The van der Waals surface area contributed by atoms with Crippen molar-refractivity contribution < 1.29 is 17.6 Å². The SMILES string of the molecule is N#Cc1ccc(Cn2c(N3CC[C@@H](F)[C@H](N)C3)nc3ccc(C(F)(F)F)cc32)nc1. The van der Waals surface area contributed by atoms with Crippen molar-refractivity contribution in [1.29, 1.82) is 5.26 Å². The molecule has 2 aromatic heterocycles. The lowest BCUT2D eigenvalue weighted by Gasteiger charge is -2.34. The van der Waals surface area contributed by atoms with E-state index in [1.54, 1.807) is 21.6 Å². The molecular formula is C20H18F4N6. The molecule has 6 nitrogen and oxygen atoms in total. The molecule has 0 radical (unpaired) electrons. The average Bonchev–Trinajstić information content (AvgIpc) is 3.08. The first-order valence-corrected chi connectivity index (χ1v) is 9.33. The highest BCUT2D eigenvalue weighted by molar-refractivity contribution is 5.80. The molecule has 1 saturated heterocycles. The minimum Gasteiger partial charge on any atom is -0.340 e. The van der Waals surface area contributed by atoms with Crippen LogP contribution in [0.3, 0.4) is 0 Å². The third kappa shape index (κ3) is 3.80. The Hall–Kier alpha value is -3.19. The van der Waals surface area contributed by atoms with Crippen molar-refractivity contribution in [3.05, 3.63) is 53.3 Å². The van der Waals surface area contributed by atoms with Crippen molar-refractivity contribution in [1.82, 2.24) is 14.5 Å². The fourth-order valence-electron chi connectivity index (χ4n) is 3.56. The summed E-state index contributed by atoms with van der Waals surface area (Å²) >= 11 is 0. The van der Waals surface area contributed by atoms with E-state index in [9.17, 15) is 17.6 Å². The number of nitriles is 1. The molecule has 1 aromatic carbocycles. The lowest BCUT2D eigenvalue weighted by molar-refractivity contribution is -0.137. The predicted molar refractivity (Wildman–Crippen MR) is 102 cm³/mol. The van der Waals surface area contributed by atoms with E-state index in [1.165, 1.54) is 12.3 Å². The molecule has 30 heavy (non-hydrogen) atoms. The van der Waals surface area contributed by atoms with E-state index in [-0.39, 0.29) is 19.5 Å². The molecular weight excluding hydrogens is 400 g/mol. The van der Waals surface area contributed by atoms with Crippen LogP contribution < -0.4 is 10.6 Å². The summed E-state index contributed by atoms with van der Waals surface area (Å²) < 4.78 is 55.3. The number of halogens is 4. The number of alkyl halides is 4. The molecule has 10 heteroatoms. The van der Waals surface area contributed by atoms with Gasteiger partial charge in [0.2, 0.25) is 5.95 Å². The predicted octanol–water partition coefficient (Wildman–Crippen LogP) is 3.25. The molecule has 1 aliphatic rings. The Balaban J connectivity index is 1.81. The summed E-state index contributed by atoms with van der Waals surface area (Å²) in [6.45, 7) is 0.701. The van der Waals surface area contributed by atoms with Gasteiger partial charge in [0.25, 0.3) is 0 Å². The third-order valence-corrected chi connectivity index (χ3v) is 5.18. The van der Waals surface area contributed by atoms with E-state index in [4.69, 9.17) is 11.0 Å². The molecule has 4 rings (SSSR count). The van der Waals surface area contributed by atoms with Gasteiger partial charge in [0.15, 0.2) is 0 Å². The van der Waals surface area contributed by atoms with E-state index in [1.807, 2.05) is 6.07 Å². The van der Waals surface area contributed by atoms with Crippen LogP contribution >= 0.6 is 0 Å².